The number of benzene rings is 2. The number of carbonyl (C=O) groups is 2. The van der Waals surface area contributed by atoms with Crippen LogP contribution in [0.3, 0.4) is 0 Å². The summed E-state index contributed by atoms with van der Waals surface area (Å²) < 4.78 is 10.5. The average Bonchev–Trinajstić information content (AvgIpc) is 2.74. The number of methoxy groups -OCH3 is 2. The lowest BCUT2D eigenvalue weighted by Crippen LogP contribution is -2.41. The molecule has 1 saturated heterocycles. The first-order valence-electron chi connectivity index (χ1n) is 9.41. The van der Waals surface area contributed by atoms with E-state index in [0.717, 1.165) is 11.1 Å². The molecule has 1 N–H and O–H groups in total. The Hall–Kier alpha value is -3.02. The Labute approximate surface area is 165 Å². The zero-order valence-corrected chi connectivity index (χ0v) is 16.5. The molecule has 6 heteroatoms. The second kappa shape index (κ2) is 8.78. The van der Waals surface area contributed by atoms with Crippen molar-refractivity contribution >= 4 is 17.5 Å². The normalized spacial score (nSPS) is 14.5. The van der Waals surface area contributed by atoms with Crippen molar-refractivity contribution in [2.75, 3.05) is 32.6 Å². The summed E-state index contributed by atoms with van der Waals surface area (Å²) in [6, 6.07) is 12.9. The Morgan fingerprint density at radius 1 is 1.04 bits per heavy atom. The number of nitrogens with zero attached hydrogens (tertiary/aromatic N) is 1. The average molecular weight is 382 g/mol. The topological polar surface area (TPSA) is 67.9 Å². The largest absolute Gasteiger partial charge is 0.497 e. The SMILES string of the molecule is COc1ccc(NC(=O)C2CCN(C(=O)c3ccccc3C)CC2)c(OC)c1. The lowest BCUT2D eigenvalue weighted by atomic mass is 9.95. The molecule has 1 aliphatic rings. The third kappa shape index (κ3) is 4.27. The highest BCUT2D eigenvalue weighted by molar-refractivity contribution is 5.96. The van der Waals surface area contributed by atoms with Crippen LogP contribution in [0.1, 0.15) is 28.8 Å². The predicted octanol–water partition coefficient (Wildman–Crippen LogP) is 3.50. The maximum atomic E-state index is 12.7. The molecule has 0 saturated carbocycles. The molecule has 0 bridgehead atoms. The van der Waals surface area contributed by atoms with Crippen LogP contribution in [-0.4, -0.2) is 44.0 Å². The third-order valence-corrected chi connectivity index (χ3v) is 5.19. The molecule has 1 heterocycles. The number of rotatable bonds is 5. The highest BCUT2D eigenvalue weighted by Crippen LogP contribution is 2.30. The molecule has 2 amide bonds. The van der Waals surface area contributed by atoms with Gasteiger partial charge in [0.1, 0.15) is 11.5 Å². The van der Waals surface area contributed by atoms with Crippen LogP contribution in [-0.2, 0) is 4.79 Å². The van der Waals surface area contributed by atoms with Gasteiger partial charge in [0.15, 0.2) is 0 Å². The molecule has 6 nitrogen and oxygen atoms in total. The van der Waals surface area contributed by atoms with E-state index in [9.17, 15) is 9.59 Å². The first-order valence-corrected chi connectivity index (χ1v) is 9.41. The van der Waals surface area contributed by atoms with Gasteiger partial charge in [-0.2, -0.15) is 0 Å². The number of likely N-dealkylation sites (tertiary alicyclic amines) is 1. The number of anilines is 1. The van der Waals surface area contributed by atoms with Gasteiger partial charge in [-0.3, -0.25) is 9.59 Å². The summed E-state index contributed by atoms with van der Waals surface area (Å²) in [6.07, 6.45) is 1.28. The molecule has 0 radical (unpaired) electrons. The van der Waals surface area contributed by atoms with E-state index in [2.05, 4.69) is 5.32 Å². The van der Waals surface area contributed by atoms with Crippen molar-refractivity contribution in [2.24, 2.45) is 5.92 Å². The molecule has 28 heavy (non-hydrogen) atoms. The molecule has 1 fully saturated rings. The second-order valence-corrected chi connectivity index (χ2v) is 6.94. The van der Waals surface area contributed by atoms with Gasteiger partial charge in [0.2, 0.25) is 5.91 Å². The number of aryl methyl sites for hydroxylation is 1. The Balaban J connectivity index is 1.60. The van der Waals surface area contributed by atoms with Crippen molar-refractivity contribution in [3.8, 4) is 11.5 Å². The summed E-state index contributed by atoms with van der Waals surface area (Å²) in [5.41, 5.74) is 2.32. The van der Waals surface area contributed by atoms with E-state index >= 15 is 0 Å². The lowest BCUT2D eigenvalue weighted by Gasteiger charge is -2.31. The van der Waals surface area contributed by atoms with Gasteiger partial charge in [-0.25, -0.2) is 0 Å². The molecule has 0 unspecified atom stereocenters. The van der Waals surface area contributed by atoms with Crippen molar-refractivity contribution in [1.29, 1.82) is 0 Å². The fourth-order valence-electron chi connectivity index (χ4n) is 3.46. The first kappa shape index (κ1) is 19.7. The summed E-state index contributed by atoms with van der Waals surface area (Å²) >= 11 is 0. The summed E-state index contributed by atoms with van der Waals surface area (Å²) in [5.74, 6) is 1.07. The van der Waals surface area contributed by atoms with Crippen LogP contribution in [0.5, 0.6) is 11.5 Å². The van der Waals surface area contributed by atoms with Gasteiger partial charge in [0, 0.05) is 30.6 Å². The fraction of sp³-hybridized carbons (Fsp3) is 0.364. The van der Waals surface area contributed by atoms with E-state index < -0.39 is 0 Å². The number of ether oxygens (including phenoxy) is 2. The highest BCUT2D eigenvalue weighted by Gasteiger charge is 2.28. The molecular formula is C22H26N2O4. The minimum absolute atomic E-state index is 0.0359. The van der Waals surface area contributed by atoms with Gasteiger partial charge < -0.3 is 19.7 Å². The van der Waals surface area contributed by atoms with Crippen molar-refractivity contribution in [3.63, 3.8) is 0 Å². The summed E-state index contributed by atoms with van der Waals surface area (Å²) in [7, 11) is 3.14. The van der Waals surface area contributed by atoms with Crippen LogP contribution >= 0.6 is 0 Å². The quantitative estimate of drug-likeness (QED) is 0.859. The number of piperidine rings is 1. The summed E-state index contributed by atoms with van der Waals surface area (Å²) in [6.45, 7) is 3.09. The highest BCUT2D eigenvalue weighted by atomic mass is 16.5. The van der Waals surface area contributed by atoms with Gasteiger partial charge in [0.25, 0.3) is 5.91 Å². The zero-order valence-electron chi connectivity index (χ0n) is 16.5. The Kier molecular flexibility index (Phi) is 6.19. The van der Waals surface area contributed by atoms with Gasteiger partial charge in [-0.15, -0.1) is 0 Å². The molecule has 2 aromatic carbocycles. The van der Waals surface area contributed by atoms with Crippen LogP contribution in [0, 0.1) is 12.8 Å². The van der Waals surface area contributed by atoms with Gasteiger partial charge >= 0.3 is 0 Å². The van der Waals surface area contributed by atoms with Crippen LogP contribution < -0.4 is 14.8 Å². The monoisotopic (exact) mass is 382 g/mol. The van der Waals surface area contributed by atoms with Crippen LogP contribution in [0.2, 0.25) is 0 Å². The first-order chi connectivity index (χ1) is 13.5. The molecular weight excluding hydrogens is 356 g/mol. The van der Waals surface area contributed by atoms with Crippen LogP contribution in [0.4, 0.5) is 5.69 Å². The van der Waals surface area contributed by atoms with Gasteiger partial charge in [0.05, 0.1) is 19.9 Å². The second-order valence-electron chi connectivity index (χ2n) is 6.94. The number of amides is 2. The number of carbonyl (C=O) groups excluding carboxylic acids is 2. The smallest absolute Gasteiger partial charge is 0.254 e. The van der Waals surface area contributed by atoms with Crippen LogP contribution in [0.25, 0.3) is 0 Å². The molecule has 3 rings (SSSR count). The van der Waals surface area contributed by atoms with Crippen molar-refractivity contribution < 1.29 is 19.1 Å². The van der Waals surface area contributed by atoms with Crippen molar-refractivity contribution in [1.82, 2.24) is 4.90 Å². The molecule has 0 aliphatic carbocycles. The van der Waals surface area contributed by atoms with Gasteiger partial charge in [-0.05, 0) is 43.5 Å². The molecule has 1 aliphatic heterocycles. The van der Waals surface area contributed by atoms with Crippen molar-refractivity contribution in [3.05, 3.63) is 53.6 Å². The third-order valence-electron chi connectivity index (χ3n) is 5.19. The summed E-state index contributed by atoms with van der Waals surface area (Å²) in [4.78, 5) is 27.3. The van der Waals surface area contributed by atoms with E-state index in [1.807, 2.05) is 36.1 Å². The van der Waals surface area contributed by atoms with E-state index in [0.29, 0.717) is 43.1 Å². The van der Waals surface area contributed by atoms with E-state index in [4.69, 9.17) is 9.47 Å². The Morgan fingerprint density at radius 3 is 2.39 bits per heavy atom. The van der Waals surface area contributed by atoms with Crippen molar-refractivity contribution in [2.45, 2.75) is 19.8 Å². The number of nitrogens with one attached hydrogen (secondary N) is 1. The molecule has 0 spiro atoms. The maximum absolute atomic E-state index is 12.7. The summed E-state index contributed by atoms with van der Waals surface area (Å²) in [5, 5.41) is 2.94. The molecule has 2 aromatic rings. The van der Waals surface area contributed by atoms with Crippen LogP contribution in [0.15, 0.2) is 42.5 Å². The minimum Gasteiger partial charge on any atom is -0.497 e. The standard InChI is InChI=1S/C22H26N2O4/c1-15-6-4-5-7-18(15)22(26)24-12-10-16(11-13-24)21(25)23-19-9-8-17(27-2)14-20(19)28-3/h4-9,14,16H,10-13H2,1-3H3,(H,23,25). The molecule has 0 aromatic heterocycles. The van der Waals surface area contributed by atoms with Gasteiger partial charge in [-0.1, -0.05) is 18.2 Å². The Bertz CT molecular complexity index is 857. The van der Waals surface area contributed by atoms with E-state index in [-0.39, 0.29) is 17.7 Å². The lowest BCUT2D eigenvalue weighted by molar-refractivity contribution is -0.121. The minimum atomic E-state index is -0.132. The Morgan fingerprint density at radius 2 is 1.75 bits per heavy atom. The zero-order chi connectivity index (χ0) is 20.1. The number of hydrogen-bond acceptors (Lipinski definition) is 4. The number of hydrogen-bond donors (Lipinski definition) is 1. The van der Waals surface area contributed by atoms with E-state index in [1.54, 1.807) is 32.4 Å². The van der Waals surface area contributed by atoms with E-state index in [1.165, 1.54) is 0 Å². The maximum Gasteiger partial charge on any atom is 0.254 e. The molecule has 0 atom stereocenters. The predicted molar refractivity (Wildman–Crippen MR) is 108 cm³/mol. The molecule has 148 valence electrons. The fourth-order valence-corrected chi connectivity index (χ4v) is 3.46.